The fourth-order valence-electron chi connectivity index (χ4n) is 2.51. The molecule has 0 fully saturated rings. The first kappa shape index (κ1) is 18.6. The van der Waals surface area contributed by atoms with Crippen LogP contribution in [0.4, 0.5) is 4.39 Å². The van der Waals surface area contributed by atoms with Crippen LogP contribution in [-0.2, 0) is 17.6 Å². The predicted octanol–water partition coefficient (Wildman–Crippen LogP) is 3.18. The van der Waals surface area contributed by atoms with Gasteiger partial charge < -0.3 is 14.5 Å². The summed E-state index contributed by atoms with van der Waals surface area (Å²) >= 11 is 0. The van der Waals surface area contributed by atoms with E-state index in [9.17, 15) is 9.18 Å². The molecule has 140 valence electrons. The summed E-state index contributed by atoms with van der Waals surface area (Å²) in [6.45, 7) is 0.409. The van der Waals surface area contributed by atoms with Crippen LogP contribution in [0.15, 0.2) is 52.9 Å². The number of nitrogens with one attached hydrogen (secondary N) is 1. The second kappa shape index (κ2) is 8.93. The van der Waals surface area contributed by atoms with Crippen LogP contribution in [-0.4, -0.2) is 29.8 Å². The van der Waals surface area contributed by atoms with Gasteiger partial charge in [-0.2, -0.15) is 0 Å². The summed E-state index contributed by atoms with van der Waals surface area (Å²) < 4.78 is 23.6. The van der Waals surface area contributed by atoms with Crippen molar-refractivity contribution >= 4 is 5.91 Å². The van der Waals surface area contributed by atoms with Crippen LogP contribution in [0.3, 0.4) is 0 Å². The van der Waals surface area contributed by atoms with Crippen molar-refractivity contribution in [2.24, 2.45) is 0 Å². The van der Waals surface area contributed by atoms with Crippen LogP contribution in [0.1, 0.15) is 17.9 Å². The molecule has 6 nitrogen and oxygen atoms in total. The Morgan fingerprint density at radius 2 is 1.81 bits per heavy atom. The zero-order valence-electron chi connectivity index (χ0n) is 14.9. The molecule has 0 atom stereocenters. The van der Waals surface area contributed by atoms with Gasteiger partial charge in [0.15, 0.2) is 0 Å². The van der Waals surface area contributed by atoms with E-state index < -0.39 is 0 Å². The standard InChI is InChI=1S/C20H20FN3O3/c1-26-17-9-2-14(3-10-17)4-11-18(25)22-13-12-19-23-24-20(27-19)15-5-7-16(21)8-6-15/h2-3,5-10H,4,11-13H2,1H3,(H,22,25). The third-order valence-electron chi connectivity index (χ3n) is 4.02. The van der Waals surface area contributed by atoms with E-state index >= 15 is 0 Å². The van der Waals surface area contributed by atoms with Gasteiger partial charge in [0.05, 0.1) is 7.11 Å². The van der Waals surface area contributed by atoms with Crippen molar-refractivity contribution in [3.05, 3.63) is 65.8 Å². The SMILES string of the molecule is COc1ccc(CCC(=O)NCCc2nnc(-c3ccc(F)cc3)o2)cc1. The molecule has 0 bridgehead atoms. The van der Waals surface area contributed by atoms with Gasteiger partial charge in [-0.25, -0.2) is 4.39 Å². The first-order chi connectivity index (χ1) is 13.1. The zero-order chi connectivity index (χ0) is 19.1. The topological polar surface area (TPSA) is 77.2 Å². The molecule has 0 spiro atoms. The predicted molar refractivity (Wildman–Crippen MR) is 97.7 cm³/mol. The van der Waals surface area contributed by atoms with Gasteiger partial charge in [0.2, 0.25) is 17.7 Å². The van der Waals surface area contributed by atoms with E-state index in [-0.39, 0.29) is 11.7 Å². The number of ether oxygens (including phenoxy) is 1. The summed E-state index contributed by atoms with van der Waals surface area (Å²) in [5.74, 6) is 1.18. The molecular formula is C20H20FN3O3. The third kappa shape index (κ3) is 5.37. The number of halogens is 1. The highest BCUT2D eigenvalue weighted by atomic mass is 19.1. The summed E-state index contributed by atoms with van der Waals surface area (Å²) in [6, 6.07) is 13.5. The molecule has 1 aromatic heterocycles. The van der Waals surface area contributed by atoms with Gasteiger partial charge in [0.25, 0.3) is 0 Å². The Morgan fingerprint density at radius 3 is 2.52 bits per heavy atom. The van der Waals surface area contributed by atoms with Crippen LogP contribution in [0.2, 0.25) is 0 Å². The lowest BCUT2D eigenvalue weighted by Crippen LogP contribution is -2.25. The van der Waals surface area contributed by atoms with E-state index in [1.165, 1.54) is 12.1 Å². The molecule has 1 heterocycles. The largest absolute Gasteiger partial charge is 0.497 e. The smallest absolute Gasteiger partial charge is 0.247 e. The number of rotatable bonds is 8. The number of hydrogen-bond acceptors (Lipinski definition) is 5. The lowest BCUT2D eigenvalue weighted by Gasteiger charge is -2.05. The fourth-order valence-corrected chi connectivity index (χ4v) is 2.51. The number of nitrogens with zero attached hydrogens (tertiary/aromatic N) is 2. The van der Waals surface area contributed by atoms with Crippen LogP contribution < -0.4 is 10.1 Å². The Morgan fingerprint density at radius 1 is 1.07 bits per heavy atom. The van der Waals surface area contributed by atoms with Crippen molar-refractivity contribution in [1.29, 1.82) is 0 Å². The number of aromatic nitrogens is 2. The van der Waals surface area contributed by atoms with E-state index in [0.29, 0.717) is 43.2 Å². The van der Waals surface area contributed by atoms with Gasteiger partial charge >= 0.3 is 0 Å². The summed E-state index contributed by atoms with van der Waals surface area (Å²) in [5, 5.41) is 10.7. The molecule has 7 heteroatoms. The third-order valence-corrected chi connectivity index (χ3v) is 4.02. The molecule has 0 saturated heterocycles. The Bertz CT molecular complexity index is 876. The van der Waals surface area contributed by atoms with E-state index in [2.05, 4.69) is 15.5 Å². The second-order valence-electron chi connectivity index (χ2n) is 5.96. The molecule has 0 aliphatic heterocycles. The van der Waals surface area contributed by atoms with Crippen molar-refractivity contribution in [2.75, 3.05) is 13.7 Å². The summed E-state index contributed by atoms with van der Waals surface area (Å²) in [6.07, 6.45) is 1.49. The molecule has 3 aromatic rings. The monoisotopic (exact) mass is 369 g/mol. The minimum absolute atomic E-state index is 0.0379. The molecule has 0 unspecified atom stereocenters. The molecule has 0 saturated carbocycles. The minimum Gasteiger partial charge on any atom is -0.497 e. The van der Waals surface area contributed by atoms with Crippen LogP contribution >= 0.6 is 0 Å². The molecule has 2 aromatic carbocycles. The molecule has 27 heavy (non-hydrogen) atoms. The Labute approximate surface area is 156 Å². The van der Waals surface area contributed by atoms with Crippen molar-refractivity contribution < 1.29 is 18.3 Å². The van der Waals surface area contributed by atoms with Crippen LogP contribution in [0.25, 0.3) is 11.5 Å². The number of hydrogen-bond donors (Lipinski definition) is 1. The van der Waals surface area contributed by atoms with Crippen LogP contribution in [0, 0.1) is 5.82 Å². The highest BCUT2D eigenvalue weighted by Gasteiger charge is 2.09. The number of carbonyl (C=O) groups is 1. The minimum atomic E-state index is -0.323. The Balaban J connectivity index is 1.41. The number of benzene rings is 2. The molecule has 1 N–H and O–H groups in total. The highest BCUT2D eigenvalue weighted by molar-refractivity contribution is 5.76. The van der Waals surface area contributed by atoms with Crippen molar-refractivity contribution in [3.8, 4) is 17.2 Å². The number of methoxy groups -OCH3 is 1. The lowest BCUT2D eigenvalue weighted by atomic mass is 10.1. The van der Waals surface area contributed by atoms with E-state index in [1.54, 1.807) is 19.2 Å². The average Bonchev–Trinajstić information content (AvgIpc) is 3.16. The molecule has 0 radical (unpaired) electrons. The first-order valence-corrected chi connectivity index (χ1v) is 8.62. The van der Waals surface area contributed by atoms with Crippen molar-refractivity contribution in [1.82, 2.24) is 15.5 Å². The van der Waals surface area contributed by atoms with Gasteiger partial charge in [-0.1, -0.05) is 12.1 Å². The first-order valence-electron chi connectivity index (χ1n) is 8.62. The van der Waals surface area contributed by atoms with E-state index in [0.717, 1.165) is 11.3 Å². The van der Waals surface area contributed by atoms with E-state index in [4.69, 9.17) is 9.15 Å². The Hall–Kier alpha value is -3.22. The second-order valence-corrected chi connectivity index (χ2v) is 5.96. The molecule has 3 rings (SSSR count). The highest BCUT2D eigenvalue weighted by Crippen LogP contribution is 2.18. The number of amides is 1. The van der Waals surface area contributed by atoms with Gasteiger partial charge in [0.1, 0.15) is 11.6 Å². The number of carbonyl (C=O) groups excluding carboxylic acids is 1. The maximum Gasteiger partial charge on any atom is 0.247 e. The zero-order valence-corrected chi connectivity index (χ0v) is 14.9. The average molecular weight is 369 g/mol. The molecule has 0 aliphatic rings. The van der Waals surface area contributed by atoms with Gasteiger partial charge in [0, 0.05) is 24.9 Å². The maximum atomic E-state index is 12.9. The molecular weight excluding hydrogens is 349 g/mol. The maximum absolute atomic E-state index is 12.9. The summed E-state index contributed by atoms with van der Waals surface area (Å²) in [4.78, 5) is 12.0. The molecule has 0 aliphatic carbocycles. The fraction of sp³-hybridized carbons (Fsp3) is 0.250. The normalized spacial score (nSPS) is 10.6. The van der Waals surface area contributed by atoms with Gasteiger partial charge in [-0.15, -0.1) is 10.2 Å². The summed E-state index contributed by atoms with van der Waals surface area (Å²) in [5.41, 5.74) is 1.73. The van der Waals surface area contributed by atoms with Crippen LogP contribution in [0.5, 0.6) is 5.75 Å². The van der Waals surface area contributed by atoms with E-state index in [1.807, 2.05) is 24.3 Å². The lowest BCUT2D eigenvalue weighted by molar-refractivity contribution is -0.121. The quantitative estimate of drug-likeness (QED) is 0.660. The van der Waals surface area contributed by atoms with Gasteiger partial charge in [-0.3, -0.25) is 4.79 Å². The van der Waals surface area contributed by atoms with Crippen molar-refractivity contribution in [3.63, 3.8) is 0 Å². The summed E-state index contributed by atoms with van der Waals surface area (Å²) in [7, 11) is 1.62. The van der Waals surface area contributed by atoms with Crippen molar-refractivity contribution in [2.45, 2.75) is 19.3 Å². The Kier molecular flexibility index (Phi) is 6.14. The van der Waals surface area contributed by atoms with Gasteiger partial charge in [-0.05, 0) is 48.4 Å². The number of aryl methyl sites for hydroxylation is 1. The molecule has 1 amide bonds.